The normalized spacial score (nSPS) is 31.2. The fraction of sp³-hybridized carbons (Fsp3) is 0.833. The van der Waals surface area contributed by atoms with Gasteiger partial charge in [0.05, 0.1) is 30.0 Å². The molecule has 5 nitrogen and oxygen atoms in total. The van der Waals surface area contributed by atoms with Crippen molar-refractivity contribution >= 4 is 27.5 Å². The number of methoxy groups -OCH3 is 1. The van der Waals surface area contributed by atoms with Gasteiger partial charge in [0.15, 0.2) is 9.84 Å². The van der Waals surface area contributed by atoms with Gasteiger partial charge in [-0.25, -0.2) is 13.2 Å². The SMILES string of the molecule is COC(=O)N[C@@H]1CS(=O)(=O)C[C@@H]1Cl. The third-order valence-electron chi connectivity index (χ3n) is 1.77. The predicted octanol–water partition coefficient (Wildman–Crippen LogP) is -0.253. The highest BCUT2D eigenvalue weighted by atomic mass is 35.5. The van der Waals surface area contributed by atoms with E-state index in [0.29, 0.717) is 0 Å². The fourth-order valence-corrected chi connectivity index (χ4v) is 3.70. The first-order chi connectivity index (χ1) is 5.94. The first-order valence-electron chi connectivity index (χ1n) is 3.63. The Balaban J connectivity index is 2.59. The van der Waals surface area contributed by atoms with Crippen LogP contribution in [0.25, 0.3) is 0 Å². The average molecular weight is 228 g/mol. The molecule has 0 unspecified atom stereocenters. The molecule has 0 aromatic carbocycles. The molecule has 1 fully saturated rings. The zero-order valence-electron chi connectivity index (χ0n) is 6.99. The topological polar surface area (TPSA) is 72.5 Å². The maximum absolute atomic E-state index is 11.0. The maximum atomic E-state index is 11.0. The monoisotopic (exact) mass is 227 g/mol. The van der Waals surface area contributed by atoms with Gasteiger partial charge in [-0.05, 0) is 0 Å². The van der Waals surface area contributed by atoms with Gasteiger partial charge in [-0.2, -0.15) is 0 Å². The number of hydrogen-bond donors (Lipinski definition) is 1. The van der Waals surface area contributed by atoms with E-state index in [0.717, 1.165) is 0 Å². The Kier molecular flexibility index (Phi) is 3.02. The Hall–Kier alpha value is -0.490. The van der Waals surface area contributed by atoms with Gasteiger partial charge in [0.25, 0.3) is 0 Å². The van der Waals surface area contributed by atoms with Crippen LogP contribution in [0.5, 0.6) is 0 Å². The number of rotatable bonds is 1. The Bertz CT molecular complexity index is 302. The van der Waals surface area contributed by atoms with E-state index in [2.05, 4.69) is 10.1 Å². The highest BCUT2D eigenvalue weighted by molar-refractivity contribution is 7.91. The van der Waals surface area contributed by atoms with E-state index in [1.165, 1.54) is 7.11 Å². The molecule has 0 spiro atoms. The van der Waals surface area contributed by atoms with Crippen LogP contribution >= 0.6 is 11.6 Å². The maximum Gasteiger partial charge on any atom is 0.407 e. The number of halogens is 1. The summed E-state index contributed by atoms with van der Waals surface area (Å²) < 4.78 is 26.4. The molecular weight excluding hydrogens is 218 g/mol. The third kappa shape index (κ3) is 2.73. The van der Waals surface area contributed by atoms with E-state index in [9.17, 15) is 13.2 Å². The highest BCUT2D eigenvalue weighted by Crippen LogP contribution is 2.17. The molecule has 1 heterocycles. The number of alkyl halides is 1. The summed E-state index contributed by atoms with van der Waals surface area (Å²) in [6, 6.07) is -0.542. The number of ether oxygens (including phenoxy) is 1. The number of nitrogens with one attached hydrogen (secondary N) is 1. The van der Waals surface area contributed by atoms with Crippen molar-refractivity contribution in [1.29, 1.82) is 0 Å². The van der Waals surface area contributed by atoms with Crippen molar-refractivity contribution in [2.24, 2.45) is 0 Å². The quantitative estimate of drug-likeness (QED) is 0.627. The van der Waals surface area contributed by atoms with Gasteiger partial charge in [-0.3, -0.25) is 0 Å². The predicted molar refractivity (Wildman–Crippen MR) is 47.6 cm³/mol. The molecule has 76 valence electrons. The first-order valence-corrected chi connectivity index (χ1v) is 5.89. The Labute approximate surface area is 81.3 Å². The van der Waals surface area contributed by atoms with Crippen molar-refractivity contribution in [3.8, 4) is 0 Å². The molecule has 13 heavy (non-hydrogen) atoms. The number of amides is 1. The summed E-state index contributed by atoms with van der Waals surface area (Å²) in [5.41, 5.74) is 0. The Morgan fingerprint density at radius 3 is 2.54 bits per heavy atom. The van der Waals surface area contributed by atoms with Crippen molar-refractivity contribution in [2.45, 2.75) is 11.4 Å². The van der Waals surface area contributed by atoms with Gasteiger partial charge in [0, 0.05) is 0 Å². The zero-order chi connectivity index (χ0) is 10.1. The van der Waals surface area contributed by atoms with E-state index >= 15 is 0 Å². The molecule has 0 aromatic heterocycles. The van der Waals surface area contributed by atoms with Crippen LogP contribution in [0.4, 0.5) is 4.79 Å². The van der Waals surface area contributed by atoms with Crippen LogP contribution in [0.3, 0.4) is 0 Å². The second kappa shape index (κ2) is 3.71. The van der Waals surface area contributed by atoms with Crippen molar-refractivity contribution < 1.29 is 17.9 Å². The second-order valence-corrected chi connectivity index (χ2v) is 5.55. The van der Waals surface area contributed by atoms with Crippen molar-refractivity contribution in [3.63, 3.8) is 0 Å². The van der Waals surface area contributed by atoms with Gasteiger partial charge >= 0.3 is 6.09 Å². The molecule has 1 aliphatic heterocycles. The number of hydrogen-bond acceptors (Lipinski definition) is 4. The summed E-state index contributed by atoms with van der Waals surface area (Å²) in [4.78, 5) is 10.7. The lowest BCUT2D eigenvalue weighted by atomic mass is 10.3. The molecule has 1 N–H and O–H groups in total. The zero-order valence-corrected chi connectivity index (χ0v) is 8.56. The van der Waals surface area contributed by atoms with Crippen molar-refractivity contribution in [2.75, 3.05) is 18.6 Å². The van der Waals surface area contributed by atoms with E-state index in [4.69, 9.17) is 11.6 Å². The molecule has 1 amide bonds. The van der Waals surface area contributed by atoms with E-state index in [-0.39, 0.29) is 11.5 Å². The van der Waals surface area contributed by atoms with Gasteiger partial charge in [-0.15, -0.1) is 11.6 Å². The van der Waals surface area contributed by atoms with Crippen LogP contribution in [0.15, 0.2) is 0 Å². The molecule has 0 radical (unpaired) electrons. The molecule has 0 bridgehead atoms. The van der Waals surface area contributed by atoms with Crippen LogP contribution in [-0.4, -0.2) is 44.5 Å². The average Bonchev–Trinajstić information content (AvgIpc) is 2.24. The fourth-order valence-electron chi connectivity index (χ4n) is 1.15. The number of carbonyl (C=O) groups is 1. The van der Waals surface area contributed by atoms with Gasteiger partial charge in [0.2, 0.25) is 0 Å². The van der Waals surface area contributed by atoms with Crippen LogP contribution in [0.2, 0.25) is 0 Å². The summed E-state index contributed by atoms with van der Waals surface area (Å²) >= 11 is 5.71. The number of carbonyl (C=O) groups excluding carboxylic acids is 1. The van der Waals surface area contributed by atoms with Gasteiger partial charge in [-0.1, -0.05) is 0 Å². The second-order valence-electron chi connectivity index (χ2n) is 2.84. The lowest BCUT2D eigenvalue weighted by Crippen LogP contribution is -2.40. The smallest absolute Gasteiger partial charge is 0.407 e. The summed E-state index contributed by atoms with van der Waals surface area (Å²) in [6.45, 7) is 0. The van der Waals surface area contributed by atoms with E-state index in [1.807, 2.05) is 0 Å². The molecule has 1 saturated heterocycles. The lowest BCUT2D eigenvalue weighted by molar-refractivity contribution is 0.168. The minimum absolute atomic E-state index is 0.0940. The van der Waals surface area contributed by atoms with Crippen molar-refractivity contribution in [1.82, 2.24) is 5.32 Å². The van der Waals surface area contributed by atoms with Crippen LogP contribution in [0.1, 0.15) is 0 Å². The van der Waals surface area contributed by atoms with Crippen LogP contribution in [0, 0.1) is 0 Å². The first kappa shape index (κ1) is 10.6. The largest absolute Gasteiger partial charge is 0.453 e. The van der Waals surface area contributed by atoms with E-state index < -0.39 is 27.3 Å². The summed E-state index contributed by atoms with van der Waals surface area (Å²) in [5, 5.41) is 1.80. The van der Waals surface area contributed by atoms with Gasteiger partial charge in [0.1, 0.15) is 0 Å². The molecule has 2 atom stereocenters. The summed E-state index contributed by atoms with van der Waals surface area (Å²) in [7, 11) is -1.89. The minimum atomic E-state index is -3.10. The number of alkyl carbamates (subject to hydrolysis) is 1. The van der Waals surface area contributed by atoms with Crippen LogP contribution in [-0.2, 0) is 14.6 Å². The standard InChI is InChI=1S/C6H10ClNO4S/c1-12-6(9)8-5-3-13(10,11)2-4(5)7/h4-5H,2-3H2,1H3,(H,8,9)/t4-,5+/m0/s1. The van der Waals surface area contributed by atoms with E-state index in [1.54, 1.807) is 0 Å². The molecule has 1 aliphatic rings. The molecule has 0 aromatic rings. The summed E-state index contributed by atoms with van der Waals surface area (Å²) in [6.07, 6.45) is -0.659. The molecule has 0 aliphatic carbocycles. The minimum Gasteiger partial charge on any atom is -0.453 e. The molecular formula is C6H10ClNO4S. The Morgan fingerprint density at radius 1 is 1.54 bits per heavy atom. The molecule has 1 rings (SSSR count). The third-order valence-corrected chi connectivity index (χ3v) is 4.15. The van der Waals surface area contributed by atoms with Gasteiger partial charge < -0.3 is 10.1 Å². The summed E-state index contributed by atoms with van der Waals surface area (Å²) in [5.74, 6) is -0.209. The van der Waals surface area contributed by atoms with Crippen molar-refractivity contribution in [3.05, 3.63) is 0 Å². The molecule has 0 saturated carbocycles. The Morgan fingerprint density at radius 2 is 2.15 bits per heavy atom. The molecule has 7 heteroatoms. The highest BCUT2D eigenvalue weighted by Gasteiger charge is 2.37. The lowest BCUT2D eigenvalue weighted by Gasteiger charge is -2.12. The van der Waals surface area contributed by atoms with Crippen LogP contribution < -0.4 is 5.32 Å². The number of sulfone groups is 1.